The van der Waals surface area contributed by atoms with E-state index in [4.69, 9.17) is 0 Å². The van der Waals surface area contributed by atoms with E-state index >= 15 is 0 Å². The van der Waals surface area contributed by atoms with E-state index in [1.54, 1.807) is 24.3 Å². The van der Waals surface area contributed by atoms with E-state index in [-0.39, 0.29) is 17.7 Å². The Morgan fingerprint density at radius 2 is 1.78 bits per heavy atom. The van der Waals surface area contributed by atoms with Gasteiger partial charge in [-0.2, -0.15) is 0 Å². The zero-order valence-corrected chi connectivity index (χ0v) is 13.5. The highest BCUT2D eigenvalue weighted by atomic mass is 16.2. The molecular formula is C18H22N2O3. The van der Waals surface area contributed by atoms with Crippen molar-refractivity contribution in [1.29, 1.82) is 0 Å². The molecule has 2 aliphatic rings. The second-order valence-electron chi connectivity index (χ2n) is 6.34. The van der Waals surface area contributed by atoms with Crippen LogP contribution in [0.2, 0.25) is 0 Å². The number of amides is 3. The summed E-state index contributed by atoms with van der Waals surface area (Å²) >= 11 is 0. The molecular weight excluding hydrogens is 292 g/mol. The molecule has 5 heteroatoms. The van der Waals surface area contributed by atoms with E-state index in [0.717, 1.165) is 19.4 Å². The molecule has 2 aliphatic heterocycles. The summed E-state index contributed by atoms with van der Waals surface area (Å²) in [7, 11) is 0. The Morgan fingerprint density at radius 3 is 2.39 bits per heavy atom. The molecule has 0 spiro atoms. The van der Waals surface area contributed by atoms with Crippen LogP contribution in [0, 0.1) is 0 Å². The summed E-state index contributed by atoms with van der Waals surface area (Å²) in [5, 5.41) is 0. The summed E-state index contributed by atoms with van der Waals surface area (Å²) in [6.07, 6.45) is 4.21. The van der Waals surface area contributed by atoms with E-state index in [1.165, 1.54) is 11.3 Å². The van der Waals surface area contributed by atoms with Crippen molar-refractivity contribution in [2.24, 2.45) is 0 Å². The number of piperidine rings is 1. The molecule has 0 aromatic heterocycles. The molecule has 3 rings (SSSR count). The quantitative estimate of drug-likeness (QED) is 0.802. The first-order valence-corrected chi connectivity index (χ1v) is 8.34. The van der Waals surface area contributed by atoms with Gasteiger partial charge in [0, 0.05) is 25.6 Å². The molecule has 1 atom stereocenters. The van der Waals surface area contributed by atoms with E-state index in [9.17, 15) is 14.4 Å². The molecule has 0 radical (unpaired) electrons. The monoisotopic (exact) mass is 314 g/mol. The molecule has 0 saturated carbocycles. The SMILES string of the molecule is CC1CCCCN1C(=O)CCCN1C(=O)c2ccccc2C1=O. The largest absolute Gasteiger partial charge is 0.340 e. The maximum Gasteiger partial charge on any atom is 0.261 e. The molecule has 122 valence electrons. The Balaban J connectivity index is 1.55. The van der Waals surface area contributed by atoms with Crippen molar-refractivity contribution in [3.63, 3.8) is 0 Å². The van der Waals surface area contributed by atoms with Crippen molar-refractivity contribution < 1.29 is 14.4 Å². The molecule has 1 saturated heterocycles. The lowest BCUT2D eigenvalue weighted by Crippen LogP contribution is -2.42. The third-order valence-corrected chi connectivity index (χ3v) is 4.77. The lowest BCUT2D eigenvalue weighted by molar-refractivity contribution is -0.134. The summed E-state index contributed by atoms with van der Waals surface area (Å²) in [4.78, 5) is 40.0. The van der Waals surface area contributed by atoms with Crippen LogP contribution in [0.25, 0.3) is 0 Å². The molecule has 0 bridgehead atoms. The number of imide groups is 1. The Labute approximate surface area is 136 Å². The van der Waals surface area contributed by atoms with Crippen molar-refractivity contribution in [2.45, 2.75) is 45.1 Å². The Morgan fingerprint density at radius 1 is 1.13 bits per heavy atom. The number of fused-ring (bicyclic) bond motifs is 1. The number of carbonyl (C=O) groups excluding carboxylic acids is 3. The molecule has 1 unspecified atom stereocenters. The molecule has 23 heavy (non-hydrogen) atoms. The average Bonchev–Trinajstić information content (AvgIpc) is 2.80. The van der Waals surface area contributed by atoms with Crippen molar-refractivity contribution in [3.05, 3.63) is 35.4 Å². The fourth-order valence-electron chi connectivity index (χ4n) is 3.44. The Kier molecular flexibility index (Phi) is 4.46. The smallest absolute Gasteiger partial charge is 0.261 e. The summed E-state index contributed by atoms with van der Waals surface area (Å²) in [5.41, 5.74) is 0.932. The van der Waals surface area contributed by atoms with Gasteiger partial charge in [-0.05, 0) is 44.7 Å². The van der Waals surface area contributed by atoms with Gasteiger partial charge >= 0.3 is 0 Å². The topological polar surface area (TPSA) is 57.7 Å². The average molecular weight is 314 g/mol. The maximum absolute atomic E-state index is 12.3. The molecule has 1 aromatic rings. The van der Waals surface area contributed by atoms with Crippen LogP contribution in [0.1, 0.15) is 59.7 Å². The van der Waals surface area contributed by atoms with E-state index in [1.807, 2.05) is 4.90 Å². The Hall–Kier alpha value is -2.17. The van der Waals surface area contributed by atoms with Crippen LogP contribution in [-0.4, -0.2) is 46.7 Å². The van der Waals surface area contributed by atoms with Gasteiger partial charge in [0.1, 0.15) is 0 Å². The van der Waals surface area contributed by atoms with Crippen molar-refractivity contribution in [3.8, 4) is 0 Å². The number of rotatable bonds is 4. The van der Waals surface area contributed by atoms with E-state index < -0.39 is 0 Å². The summed E-state index contributed by atoms with van der Waals surface area (Å²) in [6.45, 7) is 3.22. The lowest BCUT2D eigenvalue weighted by Gasteiger charge is -2.33. The molecule has 2 heterocycles. The molecule has 3 amide bonds. The summed E-state index contributed by atoms with van der Waals surface area (Å²) < 4.78 is 0. The van der Waals surface area contributed by atoms with Crippen molar-refractivity contribution in [2.75, 3.05) is 13.1 Å². The minimum Gasteiger partial charge on any atom is -0.340 e. The van der Waals surface area contributed by atoms with Gasteiger partial charge in [0.2, 0.25) is 5.91 Å². The fourth-order valence-corrected chi connectivity index (χ4v) is 3.44. The van der Waals surface area contributed by atoms with Gasteiger partial charge < -0.3 is 4.90 Å². The summed E-state index contributed by atoms with van der Waals surface area (Å²) in [5.74, 6) is -0.359. The second-order valence-corrected chi connectivity index (χ2v) is 6.34. The number of likely N-dealkylation sites (tertiary alicyclic amines) is 1. The highest BCUT2D eigenvalue weighted by Gasteiger charge is 2.34. The van der Waals surface area contributed by atoms with Crippen LogP contribution in [0.4, 0.5) is 0 Å². The van der Waals surface area contributed by atoms with Crippen LogP contribution in [0.15, 0.2) is 24.3 Å². The first kappa shape index (κ1) is 15.7. The highest BCUT2D eigenvalue weighted by Crippen LogP contribution is 2.23. The zero-order chi connectivity index (χ0) is 16.4. The van der Waals surface area contributed by atoms with Gasteiger partial charge in [-0.3, -0.25) is 19.3 Å². The van der Waals surface area contributed by atoms with Gasteiger partial charge in [-0.1, -0.05) is 12.1 Å². The van der Waals surface area contributed by atoms with Crippen molar-refractivity contribution in [1.82, 2.24) is 9.80 Å². The number of nitrogens with zero attached hydrogens (tertiary/aromatic N) is 2. The second kappa shape index (κ2) is 6.52. The normalized spacial score (nSPS) is 20.8. The molecule has 5 nitrogen and oxygen atoms in total. The predicted molar refractivity (Wildman–Crippen MR) is 86.1 cm³/mol. The van der Waals surface area contributed by atoms with Crippen LogP contribution >= 0.6 is 0 Å². The minimum atomic E-state index is -0.246. The molecule has 1 fully saturated rings. The Bertz CT molecular complexity index is 606. The third-order valence-electron chi connectivity index (χ3n) is 4.77. The number of hydrogen-bond donors (Lipinski definition) is 0. The number of hydrogen-bond acceptors (Lipinski definition) is 3. The van der Waals surface area contributed by atoms with Gasteiger partial charge in [0.25, 0.3) is 11.8 Å². The minimum absolute atomic E-state index is 0.133. The first-order valence-electron chi connectivity index (χ1n) is 8.34. The van der Waals surface area contributed by atoms with Gasteiger partial charge in [-0.25, -0.2) is 0 Å². The zero-order valence-electron chi connectivity index (χ0n) is 13.5. The predicted octanol–water partition coefficient (Wildman–Crippen LogP) is 2.46. The number of carbonyl (C=O) groups is 3. The third kappa shape index (κ3) is 3.00. The van der Waals surface area contributed by atoms with Crippen molar-refractivity contribution >= 4 is 17.7 Å². The van der Waals surface area contributed by atoms with E-state index in [2.05, 4.69) is 6.92 Å². The number of benzene rings is 1. The van der Waals surface area contributed by atoms with Crippen LogP contribution < -0.4 is 0 Å². The van der Waals surface area contributed by atoms with Crippen LogP contribution in [-0.2, 0) is 4.79 Å². The van der Waals surface area contributed by atoms with Crippen LogP contribution in [0.5, 0.6) is 0 Å². The molecule has 0 aliphatic carbocycles. The first-order chi connectivity index (χ1) is 11.1. The van der Waals surface area contributed by atoms with Gasteiger partial charge in [-0.15, -0.1) is 0 Å². The fraction of sp³-hybridized carbons (Fsp3) is 0.500. The maximum atomic E-state index is 12.3. The van der Waals surface area contributed by atoms with Crippen LogP contribution in [0.3, 0.4) is 0 Å². The molecule has 1 aromatic carbocycles. The molecule has 0 N–H and O–H groups in total. The highest BCUT2D eigenvalue weighted by molar-refractivity contribution is 6.21. The van der Waals surface area contributed by atoms with E-state index in [0.29, 0.717) is 36.6 Å². The summed E-state index contributed by atoms with van der Waals surface area (Å²) in [6, 6.07) is 7.17. The standard InChI is InChI=1S/C18H22N2O3/c1-13-7-4-5-11-19(13)16(21)10-6-12-20-17(22)14-8-2-3-9-15(14)18(20)23/h2-3,8-9,13H,4-7,10-12H2,1H3. The van der Waals surface area contributed by atoms with Gasteiger partial charge in [0.15, 0.2) is 0 Å². The lowest BCUT2D eigenvalue weighted by atomic mass is 10.0. The van der Waals surface area contributed by atoms with Gasteiger partial charge in [0.05, 0.1) is 11.1 Å².